The van der Waals surface area contributed by atoms with Crippen LogP contribution in [0.1, 0.15) is 40.0 Å². The standard InChI is InChI=1S/C17H18BrNO/c1-11-8-9-12(2)15(10-11)13(3)19-17(20)14-6-4-5-7-16(14)18/h4-10,13H,1-3H3,(H,19,20)/t13-/m1/s1. The van der Waals surface area contributed by atoms with Gasteiger partial charge in [0.2, 0.25) is 0 Å². The van der Waals surface area contributed by atoms with Crippen LogP contribution in [0.4, 0.5) is 0 Å². The minimum absolute atomic E-state index is 0.0190. The average Bonchev–Trinajstić information content (AvgIpc) is 2.41. The molecule has 2 aromatic rings. The zero-order valence-corrected chi connectivity index (χ0v) is 13.5. The van der Waals surface area contributed by atoms with E-state index in [-0.39, 0.29) is 11.9 Å². The van der Waals surface area contributed by atoms with Crippen LogP contribution in [-0.4, -0.2) is 5.91 Å². The van der Waals surface area contributed by atoms with Gasteiger partial charge in [-0.3, -0.25) is 4.79 Å². The molecule has 0 aromatic heterocycles. The van der Waals surface area contributed by atoms with Crippen LogP contribution in [0.5, 0.6) is 0 Å². The number of amides is 1. The number of hydrogen-bond acceptors (Lipinski definition) is 1. The summed E-state index contributed by atoms with van der Waals surface area (Å²) in [6.07, 6.45) is 0. The molecule has 3 heteroatoms. The fourth-order valence-corrected chi connectivity index (χ4v) is 2.69. The van der Waals surface area contributed by atoms with Gasteiger partial charge >= 0.3 is 0 Å². The van der Waals surface area contributed by atoms with Crippen molar-refractivity contribution in [2.45, 2.75) is 26.8 Å². The maximum absolute atomic E-state index is 12.3. The van der Waals surface area contributed by atoms with Crippen molar-refractivity contribution in [3.63, 3.8) is 0 Å². The number of rotatable bonds is 3. The molecule has 0 aliphatic rings. The van der Waals surface area contributed by atoms with Crippen molar-refractivity contribution in [2.24, 2.45) is 0 Å². The van der Waals surface area contributed by atoms with Crippen LogP contribution in [0.2, 0.25) is 0 Å². The average molecular weight is 332 g/mol. The molecule has 0 unspecified atom stereocenters. The molecule has 0 aliphatic heterocycles. The predicted molar refractivity (Wildman–Crippen MR) is 85.9 cm³/mol. The first-order chi connectivity index (χ1) is 9.49. The Morgan fingerprint density at radius 3 is 2.55 bits per heavy atom. The molecule has 1 amide bonds. The molecular formula is C17H18BrNO. The Morgan fingerprint density at radius 1 is 1.15 bits per heavy atom. The van der Waals surface area contributed by atoms with Gasteiger partial charge in [0.05, 0.1) is 11.6 Å². The Kier molecular flexibility index (Phi) is 4.61. The summed E-state index contributed by atoms with van der Waals surface area (Å²) in [6, 6.07) is 13.7. The molecule has 20 heavy (non-hydrogen) atoms. The van der Waals surface area contributed by atoms with Crippen LogP contribution in [-0.2, 0) is 0 Å². The van der Waals surface area contributed by atoms with E-state index < -0.39 is 0 Å². The molecule has 0 aliphatic carbocycles. The Morgan fingerprint density at radius 2 is 1.85 bits per heavy atom. The summed E-state index contributed by atoms with van der Waals surface area (Å²) in [6.45, 7) is 6.14. The highest BCUT2D eigenvalue weighted by molar-refractivity contribution is 9.10. The third-order valence-electron chi connectivity index (χ3n) is 3.37. The summed E-state index contributed by atoms with van der Waals surface area (Å²) in [7, 11) is 0. The second kappa shape index (κ2) is 6.23. The fraction of sp³-hybridized carbons (Fsp3) is 0.235. The van der Waals surface area contributed by atoms with Gasteiger partial charge in [-0.2, -0.15) is 0 Å². The van der Waals surface area contributed by atoms with Crippen molar-refractivity contribution in [3.05, 3.63) is 69.2 Å². The largest absolute Gasteiger partial charge is 0.345 e. The van der Waals surface area contributed by atoms with E-state index in [4.69, 9.17) is 0 Å². The molecule has 0 saturated heterocycles. The molecule has 0 saturated carbocycles. The lowest BCUT2D eigenvalue weighted by Crippen LogP contribution is -2.27. The summed E-state index contributed by atoms with van der Waals surface area (Å²) < 4.78 is 0.811. The van der Waals surface area contributed by atoms with E-state index in [0.717, 1.165) is 10.0 Å². The van der Waals surface area contributed by atoms with E-state index in [1.165, 1.54) is 11.1 Å². The van der Waals surface area contributed by atoms with Crippen molar-refractivity contribution >= 4 is 21.8 Å². The van der Waals surface area contributed by atoms with Crippen molar-refractivity contribution in [1.82, 2.24) is 5.32 Å². The summed E-state index contributed by atoms with van der Waals surface area (Å²) in [5.74, 6) is -0.0640. The van der Waals surface area contributed by atoms with Gasteiger partial charge in [-0.15, -0.1) is 0 Å². The monoisotopic (exact) mass is 331 g/mol. The molecule has 0 heterocycles. The van der Waals surface area contributed by atoms with Gasteiger partial charge in [0.15, 0.2) is 0 Å². The maximum atomic E-state index is 12.3. The Balaban J connectivity index is 2.19. The number of benzene rings is 2. The fourth-order valence-electron chi connectivity index (χ4n) is 2.22. The number of nitrogens with one attached hydrogen (secondary N) is 1. The number of halogens is 1. The molecule has 1 atom stereocenters. The molecule has 0 radical (unpaired) electrons. The smallest absolute Gasteiger partial charge is 0.252 e. The third-order valence-corrected chi connectivity index (χ3v) is 4.06. The van der Waals surface area contributed by atoms with E-state index in [1.807, 2.05) is 31.2 Å². The lowest BCUT2D eigenvalue weighted by atomic mass is 10.00. The molecule has 104 valence electrons. The van der Waals surface area contributed by atoms with E-state index in [0.29, 0.717) is 5.56 Å². The molecule has 2 nitrogen and oxygen atoms in total. The number of hydrogen-bond donors (Lipinski definition) is 1. The summed E-state index contributed by atoms with van der Waals surface area (Å²) in [5, 5.41) is 3.05. The van der Waals surface area contributed by atoms with Crippen molar-refractivity contribution in [1.29, 1.82) is 0 Å². The van der Waals surface area contributed by atoms with Crippen LogP contribution in [0.25, 0.3) is 0 Å². The third kappa shape index (κ3) is 3.28. The first kappa shape index (κ1) is 14.8. The van der Waals surface area contributed by atoms with E-state index in [9.17, 15) is 4.79 Å². The lowest BCUT2D eigenvalue weighted by molar-refractivity contribution is 0.0939. The van der Waals surface area contributed by atoms with Gasteiger partial charge in [0.1, 0.15) is 0 Å². The molecular weight excluding hydrogens is 314 g/mol. The number of carbonyl (C=O) groups excluding carboxylic acids is 1. The summed E-state index contributed by atoms with van der Waals surface area (Å²) >= 11 is 3.41. The normalized spacial score (nSPS) is 12.0. The van der Waals surface area contributed by atoms with Gasteiger partial charge in [0.25, 0.3) is 5.91 Å². The van der Waals surface area contributed by atoms with Crippen LogP contribution in [0.3, 0.4) is 0 Å². The highest BCUT2D eigenvalue weighted by Crippen LogP contribution is 2.21. The molecule has 2 rings (SSSR count). The molecule has 0 bridgehead atoms. The van der Waals surface area contributed by atoms with Gasteiger partial charge in [-0.1, -0.05) is 35.9 Å². The molecule has 0 fully saturated rings. The zero-order chi connectivity index (χ0) is 14.7. The maximum Gasteiger partial charge on any atom is 0.252 e. The van der Waals surface area contributed by atoms with Crippen LogP contribution < -0.4 is 5.32 Å². The number of aryl methyl sites for hydroxylation is 2. The second-order valence-corrected chi connectivity index (χ2v) is 5.89. The minimum atomic E-state index is -0.0640. The van der Waals surface area contributed by atoms with Gasteiger partial charge in [-0.05, 0) is 60.0 Å². The van der Waals surface area contributed by atoms with E-state index in [2.05, 4.69) is 53.3 Å². The van der Waals surface area contributed by atoms with E-state index >= 15 is 0 Å². The van der Waals surface area contributed by atoms with Gasteiger partial charge in [0, 0.05) is 4.47 Å². The Labute approximate surface area is 128 Å². The first-order valence-electron chi connectivity index (χ1n) is 6.61. The van der Waals surface area contributed by atoms with Crippen molar-refractivity contribution in [3.8, 4) is 0 Å². The molecule has 2 aromatic carbocycles. The SMILES string of the molecule is Cc1ccc(C)c([C@@H](C)NC(=O)c2ccccc2Br)c1. The highest BCUT2D eigenvalue weighted by atomic mass is 79.9. The van der Waals surface area contributed by atoms with E-state index in [1.54, 1.807) is 0 Å². The number of carbonyl (C=O) groups is 1. The van der Waals surface area contributed by atoms with Gasteiger partial charge in [-0.25, -0.2) is 0 Å². The van der Waals surface area contributed by atoms with Gasteiger partial charge < -0.3 is 5.32 Å². The van der Waals surface area contributed by atoms with Crippen molar-refractivity contribution < 1.29 is 4.79 Å². The quantitative estimate of drug-likeness (QED) is 0.877. The summed E-state index contributed by atoms with van der Waals surface area (Å²) in [5.41, 5.74) is 4.21. The van der Waals surface area contributed by atoms with Crippen molar-refractivity contribution in [2.75, 3.05) is 0 Å². The molecule has 1 N–H and O–H groups in total. The zero-order valence-electron chi connectivity index (χ0n) is 11.9. The summed E-state index contributed by atoms with van der Waals surface area (Å²) in [4.78, 5) is 12.3. The van der Waals surface area contributed by atoms with Crippen LogP contribution in [0.15, 0.2) is 46.9 Å². The molecule has 0 spiro atoms. The Hall–Kier alpha value is -1.61. The topological polar surface area (TPSA) is 29.1 Å². The first-order valence-corrected chi connectivity index (χ1v) is 7.41. The highest BCUT2D eigenvalue weighted by Gasteiger charge is 2.14. The predicted octanol–water partition coefficient (Wildman–Crippen LogP) is 4.56. The second-order valence-electron chi connectivity index (χ2n) is 5.04. The van der Waals surface area contributed by atoms with Crippen LogP contribution in [0, 0.1) is 13.8 Å². The minimum Gasteiger partial charge on any atom is -0.345 e. The van der Waals surface area contributed by atoms with Crippen LogP contribution >= 0.6 is 15.9 Å². The Bertz CT molecular complexity index is 637. The lowest BCUT2D eigenvalue weighted by Gasteiger charge is -2.17.